The first kappa shape index (κ1) is 24.9. The average Bonchev–Trinajstić information content (AvgIpc) is 3.35. The van der Waals surface area contributed by atoms with E-state index in [9.17, 15) is 17.6 Å². The average molecular weight is 550 g/mol. The number of hydrogen-bond donors (Lipinski definition) is 1. The van der Waals surface area contributed by atoms with E-state index < -0.39 is 27.4 Å². The van der Waals surface area contributed by atoms with Crippen molar-refractivity contribution in [2.75, 3.05) is 18.4 Å². The summed E-state index contributed by atoms with van der Waals surface area (Å²) < 4.78 is 69.5. The molecule has 0 radical (unpaired) electrons. The third kappa shape index (κ3) is 4.80. The van der Waals surface area contributed by atoms with Gasteiger partial charge in [0.2, 0.25) is 5.88 Å². The third-order valence-electron chi connectivity index (χ3n) is 5.74. The van der Waals surface area contributed by atoms with Gasteiger partial charge in [-0.05, 0) is 23.8 Å². The second-order valence-electron chi connectivity index (χ2n) is 8.06. The molecule has 0 aliphatic carbocycles. The van der Waals surface area contributed by atoms with Crippen LogP contribution in [0.15, 0.2) is 58.0 Å². The van der Waals surface area contributed by atoms with Gasteiger partial charge in [0.1, 0.15) is 23.5 Å². The van der Waals surface area contributed by atoms with Crippen molar-refractivity contribution < 1.29 is 26.5 Å². The van der Waals surface area contributed by atoms with Crippen molar-refractivity contribution in [3.8, 4) is 22.8 Å². The van der Waals surface area contributed by atoms with Gasteiger partial charge >= 0.3 is 10.2 Å². The Bertz CT molecular complexity index is 1640. The standard InChI is InChI=1S/C23H18ClF2N5O5S/c1-35-23-19(11-17(26)22(27-23)14-8-15(24)10-16(25)9-14)31-18-4-6-30(12-13(18)2-3-21(31)32)37(33,34)29-20-5-7-36-28-20/h2-3,5,7-11H,4,6,12H2,1H3,(H,28,29). The lowest BCUT2D eigenvalue weighted by Crippen LogP contribution is -2.41. The van der Waals surface area contributed by atoms with Crippen LogP contribution in [0.25, 0.3) is 16.9 Å². The molecular weight excluding hydrogens is 532 g/mol. The van der Waals surface area contributed by atoms with Crippen molar-refractivity contribution in [3.05, 3.63) is 87.0 Å². The molecule has 37 heavy (non-hydrogen) atoms. The normalized spacial score (nSPS) is 13.8. The van der Waals surface area contributed by atoms with Gasteiger partial charge in [-0.2, -0.15) is 12.7 Å². The number of halogens is 3. The van der Waals surface area contributed by atoms with Crippen LogP contribution in [-0.4, -0.2) is 41.1 Å². The summed E-state index contributed by atoms with van der Waals surface area (Å²) in [5, 5.41) is 3.61. The number of methoxy groups -OCH3 is 1. The van der Waals surface area contributed by atoms with Gasteiger partial charge in [-0.15, -0.1) is 0 Å². The lowest BCUT2D eigenvalue weighted by atomic mass is 10.1. The summed E-state index contributed by atoms with van der Waals surface area (Å²) in [6.07, 6.45) is 1.37. The fraction of sp³-hybridized carbons (Fsp3) is 0.174. The van der Waals surface area contributed by atoms with Crippen molar-refractivity contribution in [1.82, 2.24) is 19.0 Å². The highest BCUT2D eigenvalue weighted by molar-refractivity contribution is 7.90. The Hall–Kier alpha value is -3.81. The van der Waals surface area contributed by atoms with Crippen LogP contribution in [0.3, 0.4) is 0 Å². The van der Waals surface area contributed by atoms with Gasteiger partial charge in [-0.1, -0.05) is 22.8 Å². The summed E-state index contributed by atoms with van der Waals surface area (Å²) in [6.45, 7) is -0.0252. The molecule has 3 aromatic heterocycles. The number of benzene rings is 1. The molecule has 0 unspecified atom stereocenters. The summed E-state index contributed by atoms with van der Waals surface area (Å²) in [5.41, 5.74) is 0.412. The lowest BCUT2D eigenvalue weighted by Gasteiger charge is -2.29. The SMILES string of the molecule is COc1nc(-c2cc(F)cc(Cl)c2)c(F)cc1-n1c2c(ccc1=O)CN(S(=O)(=O)Nc1ccon1)CC2. The molecule has 5 rings (SSSR count). The molecule has 1 aliphatic rings. The Morgan fingerprint density at radius 2 is 1.97 bits per heavy atom. The fourth-order valence-corrected chi connectivity index (χ4v) is 5.49. The Labute approximate surface area is 214 Å². The van der Waals surface area contributed by atoms with Crippen molar-refractivity contribution in [2.24, 2.45) is 0 Å². The van der Waals surface area contributed by atoms with Crippen LogP contribution in [0.4, 0.5) is 14.6 Å². The van der Waals surface area contributed by atoms with E-state index in [2.05, 4.69) is 19.4 Å². The minimum Gasteiger partial charge on any atom is -0.479 e. The Morgan fingerprint density at radius 3 is 2.68 bits per heavy atom. The number of rotatable bonds is 6. The van der Waals surface area contributed by atoms with Crippen molar-refractivity contribution in [1.29, 1.82) is 0 Å². The first-order valence-corrected chi connectivity index (χ1v) is 12.6. The van der Waals surface area contributed by atoms with E-state index in [1.807, 2.05) is 0 Å². The molecule has 1 aliphatic heterocycles. The van der Waals surface area contributed by atoms with Gasteiger partial charge in [0, 0.05) is 54.0 Å². The number of fused-ring (bicyclic) bond motifs is 1. The highest BCUT2D eigenvalue weighted by Crippen LogP contribution is 2.32. The first-order valence-electron chi connectivity index (χ1n) is 10.8. The number of anilines is 1. The van der Waals surface area contributed by atoms with E-state index in [1.165, 1.54) is 46.5 Å². The molecular formula is C23H18ClF2N5O5S. The van der Waals surface area contributed by atoms with E-state index in [0.29, 0.717) is 11.3 Å². The van der Waals surface area contributed by atoms with Crippen LogP contribution < -0.4 is 15.0 Å². The largest absolute Gasteiger partial charge is 0.479 e. The topological polar surface area (TPSA) is 120 Å². The van der Waals surface area contributed by atoms with Gasteiger partial charge in [0.25, 0.3) is 5.56 Å². The Balaban J connectivity index is 1.55. The first-order chi connectivity index (χ1) is 17.7. The Morgan fingerprint density at radius 1 is 1.16 bits per heavy atom. The fourth-order valence-electron chi connectivity index (χ4n) is 4.13. The molecule has 1 N–H and O–H groups in total. The van der Waals surface area contributed by atoms with Gasteiger partial charge in [-0.25, -0.2) is 13.8 Å². The second kappa shape index (κ2) is 9.57. The van der Waals surface area contributed by atoms with Crippen LogP contribution in [-0.2, 0) is 23.2 Å². The zero-order valence-electron chi connectivity index (χ0n) is 19.1. The number of hydrogen-bond acceptors (Lipinski definition) is 7. The maximum Gasteiger partial charge on any atom is 0.303 e. The summed E-state index contributed by atoms with van der Waals surface area (Å²) in [4.78, 5) is 17.1. The van der Waals surface area contributed by atoms with Crippen molar-refractivity contribution >= 4 is 27.6 Å². The molecule has 0 amide bonds. The predicted octanol–water partition coefficient (Wildman–Crippen LogP) is 3.54. The molecule has 4 heterocycles. The highest BCUT2D eigenvalue weighted by Gasteiger charge is 2.30. The minimum atomic E-state index is -3.96. The number of nitrogens with zero attached hydrogens (tertiary/aromatic N) is 4. The van der Waals surface area contributed by atoms with E-state index in [-0.39, 0.29) is 53.2 Å². The maximum absolute atomic E-state index is 15.3. The number of ether oxygens (including phenoxy) is 1. The second-order valence-corrected chi connectivity index (χ2v) is 10.2. The number of pyridine rings is 2. The molecule has 0 atom stereocenters. The predicted molar refractivity (Wildman–Crippen MR) is 130 cm³/mol. The smallest absolute Gasteiger partial charge is 0.303 e. The molecule has 192 valence electrons. The molecule has 0 saturated heterocycles. The summed E-state index contributed by atoms with van der Waals surface area (Å²) in [5.74, 6) is -1.56. The molecule has 14 heteroatoms. The van der Waals surface area contributed by atoms with Crippen molar-refractivity contribution in [2.45, 2.75) is 13.0 Å². The third-order valence-corrected chi connectivity index (χ3v) is 7.41. The molecule has 0 fully saturated rings. The molecule has 4 aromatic rings. The monoisotopic (exact) mass is 549 g/mol. The summed E-state index contributed by atoms with van der Waals surface area (Å²) >= 11 is 5.91. The zero-order valence-corrected chi connectivity index (χ0v) is 20.7. The number of nitrogens with one attached hydrogen (secondary N) is 1. The lowest BCUT2D eigenvalue weighted by molar-refractivity contribution is 0.381. The molecule has 1 aromatic carbocycles. The molecule has 0 spiro atoms. The van der Waals surface area contributed by atoms with Gasteiger partial charge in [0.15, 0.2) is 11.6 Å². The van der Waals surface area contributed by atoms with Crippen LogP contribution in [0, 0.1) is 11.6 Å². The van der Waals surface area contributed by atoms with Crippen LogP contribution in [0.1, 0.15) is 11.3 Å². The highest BCUT2D eigenvalue weighted by atomic mass is 35.5. The Kier molecular flexibility index (Phi) is 6.43. The zero-order chi connectivity index (χ0) is 26.3. The van der Waals surface area contributed by atoms with E-state index in [4.69, 9.17) is 16.3 Å². The number of aromatic nitrogens is 3. The van der Waals surface area contributed by atoms with E-state index in [0.717, 1.165) is 18.2 Å². The minimum absolute atomic E-state index is 0.0186. The van der Waals surface area contributed by atoms with E-state index >= 15 is 4.39 Å². The maximum atomic E-state index is 15.3. The summed E-state index contributed by atoms with van der Waals surface area (Å²) in [6, 6.07) is 8.71. The van der Waals surface area contributed by atoms with Gasteiger partial charge in [0.05, 0.1) is 7.11 Å². The van der Waals surface area contributed by atoms with Crippen LogP contribution in [0.2, 0.25) is 5.02 Å². The molecule has 0 saturated carbocycles. The summed E-state index contributed by atoms with van der Waals surface area (Å²) in [7, 11) is -2.66. The van der Waals surface area contributed by atoms with Crippen LogP contribution >= 0.6 is 11.6 Å². The van der Waals surface area contributed by atoms with Crippen molar-refractivity contribution in [3.63, 3.8) is 0 Å². The quantitative estimate of drug-likeness (QED) is 0.390. The molecule has 10 nitrogen and oxygen atoms in total. The van der Waals surface area contributed by atoms with Gasteiger partial charge < -0.3 is 9.26 Å². The van der Waals surface area contributed by atoms with Gasteiger partial charge in [-0.3, -0.25) is 14.1 Å². The van der Waals surface area contributed by atoms with Crippen LogP contribution in [0.5, 0.6) is 5.88 Å². The molecule has 0 bridgehead atoms. The van der Waals surface area contributed by atoms with E-state index in [1.54, 1.807) is 0 Å².